The predicted molar refractivity (Wildman–Crippen MR) is 194 cm³/mol. The molecule has 55 heavy (non-hydrogen) atoms. The van der Waals surface area contributed by atoms with Crippen molar-refractivity contribution in [2.45, 2.75) is 76.7 Å². The number of likely N-dealkylation sites (tertiary alicyclic amines) is 1. The zero-order valence-corrected chi connectivity index (χ0v) is 32.9. The molecule has 20 heteroatoms. The van der Waals surface area contributed by atoms with Gasteiger partial charge in [0.15, 0.2) is 24.6 Å². The van der Waals surface area contributed by atoms with E-state index in [0.29, 0.717) is 33.5 Å². The molecule has 4 fully saturated rings. The first-order valence-corrected chi connectivity index (χ1v) is 19.9. The van der Waals surface area contributed by atoms with E-state index in [1.165, 1.54) is 18.7 Å². The van der Waals surface area contributed by atoms with Gasteiger partial charge in [-0.2, -0.15) is 5.10 Å². The lowest BCUT2D eigenvalue weighted by molar-refractivity contribution is -0.156. The molecule has 0 radical (unpaired) electrons. The first kappa shape index (κ1) is 39.4. The Labute approximate surface area is 323 Å². The Kier molecular flexibility index (Phi) is 11.2. The molecular formula is C35H41BrN5O13P. The number of hydrogen-bond acceptors (Lipinski definition) is 14. The normalized spacial score (nSPS) is 27.7. The number of Topliss-reactive ketones (excluding diaryl/α,β-unsaturated/α-hetero) is 1. The third-order valence-electron chi connectivity index (χ3n) is 10.3. The molecule has 5 heterocycles. The van der Waals surface area contributed by atoms with Gasteiger partial charge in [0.25, 0.3) is 0 Å². The van der Waals surface area contributed by atoms with Crippen LogP contribution < -0.4 is 10.1 Å². The minimum atomic E-state index is -4.48. The van der Waals surface area contributed by atoms with Crippen LogP contribution in [-0.4, -0.2) is 125 Å². The van der Waals surface area contributed by atoms with Gasteiger partial charge in [-0.25, -0.2) is 14.3 Å². The molecule has 2 aromatic heterocycles. The van der Waals surface area contributed by atoms with Crippen LogP contribution >= 0.6 is 23.8 Å². The number of nitrogens with zero attached hydrogens (tertiary/aromatic N) is 4. The number of phosphoric ester groups is 1. The first-order chi connectivity index (χ1) is 26.2. The highest BCUT2D eigenvalue weighted by atomic mass is 79.9. The average Bonchev–Trinajstić information content (AvgIpc) is 3.54. The van der Waals surface area contributed by atoms with Crippen LogP contribution in [0.25, 0.3) is 10.9 Å². The topological polar surface area (TPSA) is 216 Å². The van der Waals surface area contributed by atoms with Gasteiger partial charge in [-0.05, 0) is 70.9 Å². The molecule has 0 spiro atoms. The lowest BCUT2D eigenvalue weighted by Crippen LogP contribution is -2.47. The molecule has 3 aliphatic heterocycles. The van der Waals surface area contributed by atoms with E-state index in [9.17, 15) is 28.6 Å². The monoisotopic (exact) mass is 849 g/mol. The standard InChI is InChI=1S/C35H41BrN5O13P/c1-18-5-8-27(36)37-33(18)38-34(45)23-12-35(3)13-26(35)41(23)28(43)14-40-22-7-6-20(11-21(22)30(39-40)19(2)42)53-24-15-49-32-25(16-50-31(24)32)54-29(44)17-52-55(46,47)51-10-9-48-4/h5-8,11,23-26,31-32H,9-10,12-17H2,1-4H3,(H,46,47)(H,37,38,45)/t23-,24+,25+,26+,31+,32+,35-/m0/s1. The van der Waals surface area contributed by atoms with E-state index in [-0.39, 0.29) is 67.7 Å². The van der Waals surface area contributed by atoms with Crippen LogP contribution in [0, 0.1) is 12.3 Å². The Balaban J connectivity index is 0.998. The van der Waals surface area contributed by atoms with Crippen molar-refractivity contribution >= 4 is 64.0 Å². The highest BCUT2D eigenvalue weighted by Crippen LogP contribution is 2.59. The highest BCUT2D eigenvalue weighted by Gasteiger charge is 2.64. The summed E-state index contributed by atoms with van der Waals surface area (Å²) in [5, 5.41) is 7.90. The van der Waals surface area contributed by atoms with Gasteiger partial charge in [0, 0.05) is 25.5 Å². The Morgan fingerprint density at radius 3 is 2.56 bits per heavy atom. The van der Waals surface area contributed by atoms with Crippen LogP contribution in [0.5, 0.6) is 5.75 Å². The number of aromatic nitrogens is 3. The molecule has 1 aliphatic carbocycles. The minimum Gasteiger partial charge on any atom is -0.485 e. The summed E-state index contributed by atoms with van der Waals surface area (Å²) < 4.78 is 51.5. The Hall–Kier alpha value is -3.81. The Morgan fingerprint density at radius 2 is 1.82 bits per heavy atom. The minimum absolute atomic E-state index is 0.00349. The molecule has 2 amide bonds. The van der Waals surface area contributed by atoms with E-state index in [1.807, 2.05) is 13.0 Å². The predicted octanol–water partition coefficient (Wildman–Crippen LogP) is 2.96. The molecular weight excluding hydrogens is 809 g/mol. The van der Waals surface area contributed by atoms with Crippen molar-refractivity contribution in [3.63, 3.8) is 0 Å². The Morgan fingerprint density at radius 1 is 1.07 bits per heavy atom. The summed E-state index contributed by atoms with van der Waals surface area (Å²) in [6.45, 7) is 4.24. The van der Waals surface area contributed by atoms with Crippen molar-refractivity contribution in [1.82, 2.24) is 19.7 Å². The number of esters is 1. The molecule has 4 aliphatic rings. The van der Waals surface area contributed by atoms with Gasteiger partial charge in [0.2, 0.25) is 11.8 Å². The number of pyridine rings is 1. The largest absolute Gasteiger partial charge is 0.485 e. The summed E-state index contributed by atoms with van der Waals surface area (Å²) in [5.41, 5.74) is 1.31. The molecule has 1 unspecified atom stereocenters. The fourth-order valence-electron chi connectivity index (χ4n) is 7.43. The summed E-state index contributed by atoms with van der Waals surface area (Å²) >= 11 is 3.34. The zero-order valence-electron chi connectivity index (χ0n) is 30.5. The van der Waals surface area contributed by atoms with E-state index < -0.39 is 50.9 Å². The van der Waals surface area contributed by atoms with Crippen LogP contribution in [0.1, 0.15) is 42.7 Å². The average molecular weight is 851 g/mol. The van der Waals surface area contributed by atoms with Crippen molar-refractivity contribution in [2.75, 3.05) is 45.5 Å². The van der Waals surface area contributed by atoms with Gasteiger partial charge < -0.3 is 38.8 Å². The number of amides is 2. The molecule has 3 aromatic rings. The van der Waals surface area contributed by atoms with Crippen molar-refractivity contribution in [3.8, 4) is 5.75 Å². The van der Waals surface area contributed by atoms with E-state index in [2.05, 4.69) is 38.3 Å². The van der Waals surface area contributed by atoms with Crippen LogP contribution in [0.3, 0.4) is 0 Å². The SMILES string of the molecule is COCCOP(=O)(O)OCC(=O)O[C@@H]1CO[C@H]2[C@@H]1OC[C@H]2Oc1ccc2c(c1)c(C(C)=O)nn2CC(=O)N1[C@H](C(=O)Nc2nc(Br)ccc2C)C[C@@]2(C)C[C@@H]12. The number of carbonyl (C=O) groups excluding carboxylic acids is 4. The number of rotatable bonds is 15. The second kappa shape index (κ2) is 15.6. The maximum Gasteiger partial charge on any atom is 0.472 e. The number of benzene rings is 1. The Bertz CT molecular complexity index is 2070. The van der Waals surface area contributed by atoms with E-state index in [1.54, 1.807) is 29.2 Å². The van der Waals surface area contributed by atoms with E-state index >= 15 is 0 Å². The van der Waals surface area contributed by atoms with Crippen molar-refractivity contribution in [1.29, 1.82) is 0 Å². The molecule has 1 aromatic carbocycles. The molecule has 0 bridgehead atoms. The third-order valence-corrected chi connectivity index (χ3v) is 11.7. The fourth-order valence-corrected chi connectivity index (χ4v) is 8.39. The second-order valence-electron chi connectivity index (χ2n) is 14.3. The zero-order chi connectivity index (χ0) is 39.2. The summed E-state index contributed by atoms with van der Waals surface area (Å²) in [6, 6.07) is 7.91. The smallest absolute Gasteiger partial charge is 0.472 e. The van der Waals surface area contributed by atoms with Crippen LogP contribution in [0.2, 0.25) is 0 Å². The van der Waals surface area contributed by atoms with Crippen LogP contribution in [0.15, 0.2) is 34.9 Å². The number of nitrogens with one attached hydrogen (secondary N) is 1. The quantitative estimate of drug-likeness (QED) is 0.0739. The van der Waals surface area contributed by atoms with Crippen molar-refractivity contribution in [2.24, 2.45) is 5.41 Å². The number of anilines is 1. The number of halogens is 1. The van der Waals surface area contributed by atoms with Gasteiger partial charge in [0.1, 0.15) is 46.7 Å². The van der Waals surface area contributed by atoms with Gasteiger partial charge in [-0.1, -0.05) is 13.0 Å². The summed E-state index contributed by atoms with van der Waals surface area (Å²) in [7, 11) is -3.08. The summed E-state index contributed by atoms with van der Waals surface area (Å²) in [6.07, 6.45) is -1.38. The molecule has 8 atom stereocenters. The molecule has 1 saturated carbocycles. The third kappa shape index (κ3) is 8.34. The maximum atomic E-state index is 14.0. The lowest BCUT2D eigenvalue weighted by atomic mass is 10.0. The number of ether oxygens (including phenoxy) is 5. The van der Waals surface area contributed by atoms with Crippen molar-refractivity contribution < 1.29 is 61.4 Å². The molecule has 18 nitrogen and oxygen atoms in total. The second-order valence-corrected chi connectivity index (χ2v) is 16.5. The number of piperidine rings is 1. The fraction of sp³-hybridized carbons (Fsp3) is 0.543. The number of phosphoric acid groups is 1. The van der Waals surface area contributed by atoms with Crippen molar-refractivity contribution in [3.05, 3.63) is 46.2 Å². The van der Waals surface area contributed by atoms with Gasteiger partial charge >= 0.3 is 13.8 Å². The molecule has 7 rings (SSSR count). The number of hydrogen-bond donors (Lipinski definition) is 2. The van der Waals surface area contributed by atoms with Gasteiger partial charge in [-0.15, -0.1) is 0 Å². The number of aryl methyl sites for hydroxylation is 1. The summed E-state index contributed by atoms with van der Waals surface area (Å²) in [5.74, 6) is -1.01. The summed E-state index contributed by atoms with van der Waals surface area (Å²) in [4.78, 5) is 68.4. The molecule has 296 valence electrons. The molecule has 3 saturated heterocycles. The number of carbonyl (C=O) groups is 4. The van der Waals surface area contributed by atoms with E-state index in [4.69, 9.17) is 32.7 Å². The number of methoxy groups -OCH3 is 1. The van der Waals surface area contributed by atoms with Gasteiger partial charge in [-0.3, -0.25) is 28.1 Å². The van der Waals surface area contributed by atoms with Crippen LogP contribution in [-0.2, 0) is 53.5 Å². The number of fused-ring (bicyclic) bond motifs is 3. The molecule has 2 N–H and O–H groups in total. The number of ketones is 1. The lowest BCUT2D eigenvalue weighted by Gasteiger charge is -2.27. The van der Waals surface area contributed by atoms with Crippen LogP contribution in [0.4, 0.5) is 5.82 Å². The highest BCUT2D eigenvalue weighted by molar-refractivity contribution is 9.10. The van der Waals surface area contributed by atoms with Gasteiger partial charge in [0.05, 0.1) is 31.9 Å². The van der Waals surface area contributed by atoms with E-state index in [0.717, 1.165) is 12.0 Å². The first-order valence-electron chi connectivity index (χ1n) is 17.6. The maximum absolute atomic E-state index is 14.0.